The van der Waals surface area contributed by atoms with Crippen LogP contribution in [0.15, 0.2) is 36.7 Å². The molecule has 1 heterocycles. The Morgan fingerprint density at radius 2 is 2.21 bits per heavy atom. The molecule has 2 unspecified atom stereocenters. The Kier molecular flexibility index (Phi) is 3.67. The summed E-state index contributed by atoms with van der Waals surface area (Å²) in [5.74, 6) is 0.902. The van der Waals surface area contributed by atoms with Gasteiger partial charge in [0.2, 0.25) is 0 Å². The van der Waals surface area contributed by atoms with Crippen molar-refractivity contribution in [1.82, 2.24) is 4.98 Å². The van der Waals surface area contributed by atoms with Gasteiger partial charge in [0.15, 0.2) is 0 Å². The zero-order chi connectivity index (χ0) is 13.1. The molecule has 0 aliphatic heterocycles. The van der Waals surface area contributed by atoms with Crippen molar-refractivity contribution in [3.63, 3.8) is 0 Å². The van der Waals surface area contributed by atoms with E-state index in [1.807, 2.05) is 12.4 Å². The molecular formula is C17H22N2. The van der Waals surface area contributed by atoms with Crippen LogP contribution in [0.3, 0.4) is 0 Å². The van der Waals surface area contributed by atoms with E-state index in [0.29, 0.717) is 6.04 Å². The fraction of sp³-hybridized carbons (Fsp3) is 0.471. The lowest BCUT2D eigenvalue weighted by atomic mass is 9.84. The van der Waals surface area contributed by atoms with Gasteiger partial charge in [-0.05, 0) is 36.3 Å². The first-order valence-electron chi connectivity index (χ1n) is 7.46. The molecule has 1 aromatic heterocycles. The molecule has 19 heavy (non-hydrogen) atoms. The first-order chi connectivity index (χ1) is 9.36. The Morgan fingerprint density at radius 1 is 1.26 bits per heavy atom. The monoisotopic (exact) mass is 254 g/mol. The molecule has 0 amide bonds. The van der Waals surface area contributed by atoms with Crippen molar-refractivity contribution in [2.24, 2.45) is 5.92 Å². The second kappa shape index (κ2) is 5.60. The number of aromatic nitrogens is 1. The van der Waals surface area contributed by atoms with E-state index in [0.717, 1.165) is 5.92 Å². The molecular weight excluding hydrogens is 232 g/mol. The van der Waals surface area contributed by atoms with Crippen LogP contribution in [0.1, 0.15) is 39.0 Å². The number of anilines is 1. The van der Waals surface area contributed by atoms with E-state index < -0.39 is 0 Å². The van der Waals surface area contributed by atoms with Crippen molar-refractivity contribution in [3.05, 3.63) is 36.7 Å². The average Bonchev–Trinajstić information content (AvgIpc) is 2.48. The van der Waals surface area contributed by atoms with Crippen LogP contribution in [-0.4, -0.2) is 11.0 Å². The van der Waals surface area contributed by atoms with Gasteiger partial charge >= 0.3 is 0 Å². The Balaban J connectivity index is 1.81. The number of hydrogen-bond acceptors (Lipinski definition) is 2. The number of nitrogens with one attached hydrogen (secondary N) is 1. The van der Waals surface area contributed by atoms with Crippen LogP contribution < -0.4 is 5.32 Å². The second-order valence-corrected chi connectivity index (χ2v) is 5.68. The molecule has 3 rings (SSSR count). The highest BCUT2D eigenvalue weighted by Crippen LogP contribution is 2.30. The summed E-state index contributed by atoms with van der Waals surface area (Å²) >= 11 is 0. The molecule has 2 atom stereocenters. The molecule has 2 aromatic rings. The highest BCUT2D eigenvalue weighted by atomic mass is 14.9. The molecule has 1 aliphatic rings. The summed E-state index contributed by atoms with van der Waals surface area (Å²) in [5, 5.41) is 6.25. The van der Waals surface area contributed by atoms with Gasteiger partial charge in [0.25, 0.3) is 0 Å². The van der Waals surface area contributed by atoms with E-state index in [1.165, 1.54) is 48.6 Å². The summed E-state index contributed by atoms with van der Waals surface area (Å²) in [6.45, 7) is 2.31. The molecule has 100 valence electrons. The molecule has 1 fully saturated rings. The number of nitrogens with zero attached hydrogens (tertiary/aromatic N) is 1. The zero-order valence-corrected chi connectivity index (χ0v) is 11.6. The van der Waals surface area contributed by atoms with Crippen LogP contribution in [-0.2, 0) is 0 Å². The third-order valence-corrected chi connectivity index (χ3v) is 4.40. The van der Waals surface area contributed by atoms with Crippen molar-refractivity contribution >= 4 is 16.5 Å². The van der Waals surface area contributed by atoms with Gasteiger partial charge in [0.05, 0.1) is 0 Å². The molecule has 1 aromatic carbocycles. The van der Waals surface area contributed by atoms with E-state index in [2.05, 4.69) is 41.5 Å². The molecule has 0 bridgehead atoms. The molecule has 0 spiro atoms. The summed E-state index contributed by atoms with van der Waals surface area (Å²) in [7, 11) is 0. The number of hydrogen-bond donors (Lipinski definition) is 1. The normalized spacial score (nSPS) is 23.4. The minimum atomic E-state index is 0.629. The Bertz CT molecular complexity index is 544. The molecule has 0 radical (unpaired) electrons. The fourth-order valence-corrected chi connectivity index (χ4v) is 3.25. The fourth-order valence-electron chi connectivity index (χ4n) is 3.25. The van der Waals surface area contributed by atoms with Crippen LogP contribution in [0.2, 0.25) is 0 Å². The predicted molar refractivity (Wildman–Crippen MR) is 81.4 cm³/mol. The van der Waals surface area contributed by atoms with Gasteiger partial charge in [0, 0.05) is 29.5 Å². The standard InChI is InChI=1S/C17H22N2/c1-2-13-5-3-7-15(11-13)19-17-8-4-6-14-9-10-18-12-16(14)17/h4,6,8-10,12-13,15,19H,2-3,5,7,11H2,1H3. The van der Waals surface area contributed by atoms with Gasteiger partial charge in [-0.1, -0.05) is 38.3 Å². The molecule has 1 saturated carbocycles. The highest BCUT2D eigenvalue weighted by molar-refractivity contribution is 5.93. The third-order valence-electron chi connectivity index (χ3n) is 4.40. The van der Waals surface area contributed by atoms with Crippen LogP contribution in [0.5, 0.6) is 0 Å². The van der Waals surface area contributed by atoms with Crippen LogP contribution in [0.25, 0.3) is 10.8 Å². The lowest BCUT2D eigenvalue weighted by Gasteiger charge is -2.30. The quantitative estimate of drug-likeness (QED) is 0.864. The zero-order valence-electron chi connectivity index (χ0n) is 11.6. The van der Waals surface area contributed by atoms with E-state index >= 15 is 0 Å². The summed E-state index contributed by atoms with van der Waals surface area (Å²) in [4.78, 5) is 4.26. The van der Waals surface area contributed by atoms with Crippen LogP contribution in [0, 0.1) is 5.92 Å². The largest absolute Gasteiger partial charge is 0.382 e. The minimum absolute atomic E-state index is 0.629. The number of pyridine rings is 1. The maximum atomic E-state index is 4.26. The minimum Gasteiger partial charge on any atom is -0.382 e. The first-order valence-corrected chi connectivity index (χ1v) is 7.46. The van der Waals surface area contributed by atoms with Gasteiger partial charge in [0.1, 0.15) is 0 Å². The summed E-state index contributed by atoms with van der Waals surface area (Å²) < 4.78 is 0. The number of benzene rings is 1. The van der Waals surface area contributed by atoms with Crippen LogP contribution in [0.4, 0.5) is 5.69 Å². The Morgan fingerprint density at radius 3 is 3.11 bits per heavy atom. The van der Waals surface area contributed by atoms with Gasteiger partial charge < -0.3 is 5.32 Å². The predicted octanol–water partition coefficient (Wildman–Crippen LogP) is 4.62. The average molecular weight is 254 g/mol. The van der Waals surface area contributed by atoms with Gasteiger partial charge in [-0.2, -0.15) is 0 Å². The number of rotatable bonds is 3. The molecule has 2 heteroatoms. The topological polar surface area (TPSA) is 24.9 Å². The lowest BCUT2D eigenvalue weighted by molar-refractivity contribution is 0.327. The third kappa shape index (κ3) is 2.73. The molecule has 1 aliphatic carbocycles. The van der Waals surface area contributed by atoms with E-state index in [4.69, 9.17) is 0 Å². The second-order valence-electron chi connectivity index (χ2n) is 5.68. The van der Waals surface area contributed by atoms with Gasteiger partial charge in [-0.3, -0.25) is 4.98 Å². The van der Waals surface area contributed by atoms with Crippen LogP contribution >= 0.6 is 0 Å². The smallest absolute Gasteiger partial charge is 0.0437 e. The maximum Gasteiger partial charge on any atom is 0.0437 e. The highest BCUT2D eigenvalue weighted by Gasteiger charge is 2.20. The van der Waals surface area contributed by atoms with Gasteiger partial charge in [-0.15, -0.1) is 0 Å². The Hall–Kier alpha value is -1.57. The van der Waals surface area contributed by atoms with Crippen molar-refractivity contribution in [2.45, 2.75) is 45.1 Å². The van der Waals surface area contributed by atoms with Crippen molar-refractivity contribution in [1.29, 1.82) is 0 Å². The summed E-state index contributed by atoms with van der Waals surface area (Å²) in [6.07, 6.45) is 10.5. The van der Waals surface area contributed by atoms with Crippen molar-refractivity contribution in [2.75, 3.05) is 5.32 Å². The van der Waals surface area contributed by atoms with E-state index in [9.17, 15) is 0 Å². The molecule has 2 nitrogen and oxygen atoms in total. The summed E-state index contributed by atoms with van der Waals surface area (Å²) in [6, 6.07) is 9.17. The van der Waals surface area contributed by atoms with Crippen molar-refractivity contribution < 1.29 is 0 Å². The van der Waals surface area contributed by atoms with Gasteiger partial charge in [-0.25, -0.2) is 0 Å². The Labute approximate surface area is 115 Å². The van der Waals surface area contributed by atoms with Crippen molar-refractivity contribution in [3.8, 4) is 0 Å². The SMILES string of the molecule is CCC1CCCC(Nc2cccc3ccncc23)C1. The van der Waals surface area contributed by atoms with E-state index in [1.54, 1.807) is 0 Å². The summed E-state index contributed by atoms with van der Waals surface area (Å²) in [5.41, 5.74) is 1.24. The molecule has 1 N–H and O–H groups in total. The first kappa shape index (κ1) is 12.5. The maximum absolute atomic E-state index is 4.26. The number of fused-ring (bicyclic) bond motifs is 1. The molecule has 0 saturated heterocycles. The lowest BCUT2D eigenvalue weighted by Crippen LogP contribution is -2.27. The van der Waals surface area contributed by atoms with E-state index in [-0.39, 0.29) is 0 Å².